The maximum absolute atomic E-state index is 11.8. The Morgan fingerprint density at radius 1 is 1.44 bits per heavy atom. The van der Waals surface area contributed by atoms with Crippen molar-refractivity contribution in [2.24, 2.45) is 0 Å². The molecule has 0 heterocycles. The molecule has 0 saturated carbocycles. The molecule has 0 aliphatic heterocycles. The molecule has 102 valence electrons. The summed E-state index contributed by atoms with van der Waals surface area (Å²) in [4.78, 5) is 32.9. The van der Waals surface area contributed by atoms with E-state index in [1.54, 1.807) is 6.92 Å². The number of esters is 2. The van der Waals surface area contributed by atoms with Crippen LogP contribution in [0.4, 0.5) is 0 Å². The van der Waals surface area contributed by atoms with Crippen LogP contribution in [-0.2, 0) is 19.1 Å². The molecule has 1 atom stereocenters. The van der Waals surface area contributed by atoms with E-state index in [0.29, 0.717) is 6.42 Å². The van der Waals surface area contributed by atoms with Crippen molar-refractivity contribution < 1.29 is 24.0 Å². The van der Waals surface area contributed by atoms with Gasteiger partial charge < -0.3 is 9.47 Å². The van der Waals surface area contributed by atoms with Crippen LogP contribution in [-0.4, -0.2) is 35.6 Å². The van der Waals surface area contributed by atoms with Crippen LogP contribution in [0, 0.1) is 10.1 Å². The summed E-state index contributed by atoms with van der Waals surface area (Å²) in [6.45, 7) is 5.40. The normalized spacial score (nSPS) is 13.2. The van der Waals surface area contributed by atoms with Crippen molar-refractivity contribution in [1.82, 2.24) is 0 Å². The van der Waals surface area contributed by atoms with Gasteiger partial charge in [0.1, 0.15) is 6.61 Å². The molecular formula is C11H17NO6. The molecule has 18 heavy (non-hydrogen) atoms. The third-order valence-corrected chi connectivity index (χ3v) is 2.24. The first-order chi connectivity index (χ1) is 8.40. The number of carbonyl (C=O) groups is 2. The number of nitrogens with zero attached hydrogens (tertiary/aromatic N) is 1. The van der Waals surface area contributed by atoms with E-state index in [9.17, 15) is 19.7 Å². The van der Waals surface area contributed by atoms with Crippen molar-refractivity contribution in [3.05, 3.63) is 22.8 Å². The van der Waals surface area contributed by atoms with Crippen LogP contribution in [0.3, 0.4) is 0 Å². The molecule has 1 unspecified atom stereocenters. The third-order valence-electron chi connectivity index (χ3n) is 2.24. The van der Waals surface area contributed by atoms with Gasteiger partial charge in [0.15, 0.2) is 6.61 Å². The van der Waals surface area contributed by atoms with Gasteiger partial charge in [0.05, 0.1) is 0 Å². The Morgan fingerprint density at radius 3 is 2.44 bits per heavy atom. The predicted molar refractivity (Wildman–Crippen MR) is 62.4 cm³/mol. The Morgan fingerprint density at radius 2 is 2.06 bits per heavy atom. The fourth-order valence-electron chi connectivity index (χ4n) is 1.36. The molecule has 0 N–H and O–H groups in total. The van der Waals surface area contributed by atoms with Gasteiger partial charge in [-0.25, -0.2) is 4.79 Å². The molecule has 0 bridgehead atoms. The minimum Gasteiger partial charge on any atom is -0.458 e. The first-order valence-corrected chi connectivity index (χ1v) is 5.46. The molecule has 0 amide bonds. The van der Waals surface area contributed by atoms with E-state index in [1.165, 1.54) is 6.08 Å². The van der Waals surface area contributed by atoms with Crippen LogP contribution in [0.5, 0.6) is 0 Å². The van der Waals surface area contributed by atoms with Gasteiger partial charge in [0, 0.05) is 18.3 Å². The summed E-state index contributed by atoms with van der Waals surface area (Å²) < 4.78 is 9.33. The zero-order chi connectivity index (χ0) is 14.2. The summed E-state index contributed by atoms with van der Waals surface area (Å²) >= 11 is 0. The molecule has 0 aromatic carbocycles. The largest absolute Gasteiger partial charge is 0.458 e. The Labute approximate surface area is 105 Å². The van der Waals surface area contributed by atoms with E-state index in [2.05, 4.69) is 11.3 Å². The van der Waals surface area contributed by atoms with E-state index >= 15 is 0 Å². The van der Waals surface area contributed by atoms with Crippen molar-refractivity contribution in [2.45, 2.75) is 32.2 Å². The summed E-state index contributed by atoms with van der Waals surface area (Å²) in [6.07, 6.45) is 1.62. The Bertz CT molecular complexity index is 340. The highest BCUT2D eigenvalue weighted by Gasteiger charge is 2.53. The third kappa shape index (κ3) is 4.15. The quantitative estimate of drug-likeness (QED) is 0.280. The van der Waals surface area contributed by atoms with Crippen molar-refractivity contribution in [3.8, 4) is 0 Å². The number of carbonyl (C=O) groups excluding carboxylic acids is 2. The summed E-state index contributed by atoms with van der Waals surface area (Å²) in [6, 6.07) is 0. The molecule has 0 aromatic rings. The van der Waals surface area contributed by atoms with E-state index < -0.39 is 29.0 Å². The van der Waals surface area contributed by atoms with Gasteiger partial charge in [-0.1, -0.05) is 19.6 Å². The second kappa shape index (κ2) is 7.41. The Balaban J connectivity index is 5.06. The smallest absolute Gasteiger partial charge is 0.388 e. The lowest BCUT2D eigenvalue weighted by atomic mass is 9.95. The summed E-state index contributed by atoms with van der Waals surface area (Å²) in [5.74, 6) is -1.70. The molecule has 0 radical (unpaired) electrons. The number of rotatable bonds is 8. The zero-order valence-corrected chi connectivity index (χ0v) is 10.5. The van der Waals surface area contributed by atoms with Gasteiger partial charge in [0.25, 0.3) is 0 Å². The SMILES string of the molecule is C=CCOC(=O)C(CCC)(COC(C)=O)[N+](=O)[O-]. The molecular weight excluding hydrogens is 242 g/mol. The predicted octanol–water partition coefficient (Wildman–Crippen LogP) is 1.09. The molecule has 0 aliphatic rings. The van der Waals surface area contributed by atoms with Crippen LogP contribution < -0.4 is 0 Å². The summed E-state index contributed by atoms with van der Waals surface area (Å²) in [5, 5.41) is 11.1. The minimum atomic E-state index is -2.04. The number of nitro groups is 1. The van der Waals surface area contributed by atoms with Gasteiger partial charge >= 0.3 is 17.5 Å². The van der Waals surface area contributed by atoms with Crippen molar-refractivity contribution >= 4 is 11.9 Å². The van der Waals surface area contributed by atoms with Crippen molar-refractivity contribution in [1.29, 1.82) is 0 Å². The molecule has 0 fully saturated rings. The maximum atomic E-state index is 11.8. The second-order valence-electron chi connectivity index (χ2n) is 3.71. The first-order valence-electron chi connectivity index (χ1n) is 5.46. The van der Waals surface area contributed by atoms with Gasteiger partial charge in [0.2, 0.25) is 0 Å². The average Bonchev–Trinajstić information content (AvgIpc) is 2.30. The van der Waals surface area contributed by atoms with Gasteiger partial charge in [-0.3, -0.25) is 14.9 Å². The van der Waals surface area contributed by atoms with E-state index in [-0.39, 0.29) is 13.0 Å². The molecule has 0 saturated heterocycles. The fourth-order valence-corrected chi connectivity index (χ4v) is 1.36. The zero-order valence-electron chi connectivity index (χ0n) is 10.5. The number of hydrogen-bond donors (Lipinski definition) is 0. The second-order valence-corrected chi connectivity index (χ2v) is 3.71. The monoisotopic (exact) mass is 259 g/mol. The molecule has 0 aromatic heterocycles. The number of hydrogen-bond acceptors (Lipinski definition) is 6. The lowest BCUT2D eigenvalue weighted by Crippen LogP contribution is -2.51. The fraction of sp³-hybridized carbons (Fsp3) is 0.636. The van der Waals surface area contributed by atoms with E-state index in [4.69, 9.17) is 4.74 Å². The van der Waals surface area contributed by atoms with Crippen LogP contribution in [0.25, 0.3) is 0 Å². The topological polar surface area (TPSA) is 95.7 Å². The molecule has 0 rings (SSSR count). The highest BCUT2D eigenvalue weighted by molar-refractivity contribution is 5.80. The molecule has 7 heteroatoms. The van der Waals surface area contributed by atoms with Gasteiger partial charge in [-0.05, 0) is 6.42 Å². The highest BCUT2D eigenvalue weighted by atomic mass is 16.6. The van der Waals surface area contributed by atoms with Crippen molar-refractivity contribution in [2.75, 3.05) is 13.2 Å². The van der Waals surface area contributed by atoms with Crippen LogP contribution >= 0.6 is 0 Å². The van der Waals surface area contributed by atoms with Crippen LogP contribution in [0.1, 0.15) is 26.7 Å². The molecule has 0 aliphatic carbocycles. The first kappa shape index (κ1) is 16.1. The number of ether oxygens (including phenoxy) is 2. The summed E-state index contributed by atoms with van der Waals surface area (Å²) in [7, 11) is 0. The highest BCUT2D eigenvalue weighted by Crippen LogP contribution is 2.20. The lowest BCUT2D eigenvalue weighted by Gasteiger charge is -2.22. The van der Waals surface area contributed by atoms with Gasteiger partial charge in [-0.15, -0.1) is 0 Å². The Hall–Kier alpha value is -1.92. The maximum Gasteiger partial charge on any atom is 0.388 e. The van der Waals surface area contributed by atoms with Crippen LogP contribution in [0.15, 0.2) is 12.7 Å². The van der Waals surface area contributed by atoms with Crippen molar-refractivity contribution in [3.63, 3.8) is 0 Å². The lowest BCUT2D eigenvalue weighted by molar-refractivity contribution is -0.559. The molecule has 7 nitrogen and oxygen atoms in total. The van der Waals surface area contributed by atoms with Gasteiger partial charge in [-0.2, -0.15) is 0 Å². The molecule has 0 spiro atoms. The van der Waals surface area contributed by atoms with Crippen LogP contribution in [0.2, 0.25) is 0 Å². The van der Waals surface area contributed by atoms with E-state index in [1.807, 2.05) is 0 Å². The average molecular weight is 259 g/mol. The Kier molecular flexibility index (Phi) is 6.62. The standard InChI is InChI=1S/C11H17NO6/c1-4-6-11(12(15)16,8-18-9(3)13)10(14)17-7-5-2/h5H,2,4,6-8H2,1,3H3. The van der Waals surface area contributed by atoms with E-state index in [0.717, 1.165) is 6.92 Å². The summed E-state index contributed by atoms with van der Waals surface area (Å²) in [5.41, 5.74) is -2.04. The minimum absolute atomic E-state index is 0.0662.